The number of ether oxygens (including phenoxy) is 1. The van der Waals surface area contributed by atoms with Crippen LogP contribution in [-0.4, -0.2) is 6.36 Å². The molecule has 0 heterocycles. The van der Waals surface area contributed by atoms with Gasteiger partial charge in [-0.3, -0.25) is 0 Å². The molecule has 1 atom stereocenters. The molecule has 0 aliphatic carbocycles. The van der Waals surface area contributed by atoms with Crippen LogP contribution in [0.1, 0.15) is 22.7 Å². The maximum atomic E-state index is 12.1. The fourth-order valence-electron chi connectivity index (χ4n) is 2.08. The zero-order valence-corrected chi connectivity index (χ0v) is 13.1. The van der Waals surface area contributed by atoms with Gasteiger partial charge in [-0.15, -0.1) is 25.6 Å². The van der Waals surface area contributed by atoms with Crippen LogP contribution in [0.25, 0.3) is 0 Å². The van der Waals surface area contributed by atoms with Crippen molar-refractivity contribution < 1.29 is 17.9 Å². The van der Waals surface area contributed by atoms with E-state index in [4.69, 9.17) is 17.3 Å². The largest absolute Gasteiger partial charge is 0.573 e. The Hall–Kier alpha value is -1.43. The highest BCUT2D eigenvalue weighted by atomic mass is 35.5. The first-order valence-electron chi connectivity index (χ1n) is 6.14. The SMILES string of the molecule is Cc1cccc(Cl)c1[C@H](N)c1ccc(OC(F)(F)F)cc1.Cl. The van der Waals surface area contributed by atoms with Gasteiger partial charge in [0.25, 0.3) is 0 Å². The Balaban J connectivity index is 0.00000242. The molecule has 0 unspecified atom stereocenters. The number of alkyl halides is 3. The summed E-state index contributed by atoms with van der Waals surface area (Å²) in [5.41, 5.74) is 8.48. The standard InChI is InChI=1S/C15H13ClF3NO.ClH/c1-9-3-2-4-12(16)13(9)14(20)10-5-7-11(8-6-10)21-15(17,18)19;/h2-8,14H,20H2,1H3;1H/t14-;/m1./s1. The first-order valence-corrected chi connectivity index (χ1v) is 6.52. The molecular weight excluding hydrogens is 338 g/mol. The van der Waals surface area contributed by atoms with Crippen molar-refractivity contribution in [3.8, 4) is 5.75 Å². The van der Waals surface area contributed by atoms with Gasteiger partial charge in [-0.2, -0.15) is 0 Å². The molecule has 2 rings (SSSR count). The lowest BCUT2D eigenvalue weighted by molar-refractivity contribution is -0.274. The second-order valence-electron chi connectivity index (χ2n) is 4.56. The zero-order chi connectivity index (χ0) is 15.6. The number of rotatable bonds is 3. The Morgan fingerprint density at radius 2 is 1.68 bits per heavy atom. The van der Waals surface area contributed by atoms with E-state index in [-0.39, 0.29) is 18.2 Å². The fourth-order valence-corrected chi connectivity index (χ4v) is 2.42. The highest BCUT2D eigenvalue weighted by Gasteiger charge is 2.31. The maximum absolute atomic E-state index is 12.1. The molecule has 0 saturated heterocycles. The quantitative estimate of drug-likeness (QED) is 0.842. The van der Waals surface area contributed by atoms with Crippen molar-refractivity contribution >= 4 is 24.0 Å². The first-order chi connectivity index (χ1) is 9.78. The summed E-state index contributed by atoms with van der Waals surface area (Å²) < 4.78 is 40.1. The molecule has 2 nitrogen and oxygen atoms in total. The number of hydrogen-bond acceptors (Lipinski definition) is 2. The van der Waals surface area contributed by atoms with E-state index in [1.165, 1.54) is 24.3 Å². The van der Waals surface area contributed by atoms with Crippen LogP contribution in [0, 0.1) is 6.92 Å². The van der Waals surface area contributed by atoms with E-state index in [2.05, 4.69) is 4.74 Å². The van der Waals surface area contributed by atoms with Gasteiger partial charge in [-0.05, 0) is 41.8 Å². The van der Waals surface area contributed by atoms with Crippen molar-refractivity contribution in [3.63, 3.8) is 0 Å². The summed E-state index contributed by atoms with van der Waals surface area (Å²) in [5.74, 6) is -0.283. The molecule has 120 valence electrons. The smallest absolute Gasteiger partial charge is 0.406 e. The number of aryl methyl sites for hydroxylation is 1. The van der Waals surface area contributed by atoms with E-state index in [1.54, 1.807) is 6.07 Å². The third-order valence-electron chi connectivity index (χ3n) is 3.05. The predicted molar refractivity (Wildman–Crippen MR) is 82.6 cm³/mol. The summed E-state index contributed by atoms with van der Waals surface area (Å²) in [6.45, 7) is 1.88. The minimum atomic E-state index is -4.71. The molecule has 0 spiro atoms. The summed E-state index contributed by atoms with van der Waals surface area (Å²) in [5, 5.41) is 0.526. The minimum Gasteiger partial charge on any atom is -0.406 e. The molecule has 0 radical (unpaired) electrons. The molecule has 0 amide bonds. The van der Waals surface area contributed by atoms with Gasteiger partial charge in [0.1, 0.15) is 5.75 Å². The average Bonchev–Trinajstić information content (AvgIpc) is 2.37. The van der Waals surface area contributed by atoms with Gasteiger partial charge < -0.3 is 10.5 Å². The van der Waals surface area contributed by atoms with Gasteiger partial charge in [0.2, 0.25) is 0 Å². The maximum Gasteiger partial charge on any atom is 0.573 e. The lowest BCUT2D eigenvalue weighted by Crippen LogP contribution is -2.17. The van der Waals surface area contributed by atoms with Crippen LogP contribution >= 0.6 is 24.0 Å². The second-order valence-corrected chi connectivity index (χ2v) is 4.97. The number of halogens is 5. The monoisotopic (exact) mass is 351 g/mol. The number of hydrogen-bond donors (Lipinski definition) is 1. The normalized spacial score (nSPS) is 12.5. The molecule has 0 aliphatic rings. The van der Waals surface area contributed by atoms with Crippen LogP contribution in [0.5, 0.6) is 5.75 Å². The predicted octanol–water partition coefficient (Wildman–Crippen LogP) is 5.02. The average molecular weight is 352 g/mol. The molecular formula is C15H14Cl2F3NO. The summed E-state index contributed by atoms with van der Waals surface area (Å²) in [6.07, 6.45) is -4.71. The van der Waals surface area contributed by atoms with Crippen LogP contribution in [0.2, 0.25) is 5.02 Å². The van der Waals surface area contributed by atoms with E-state index in [9.17, 15) is 13.2 Å². The highest BCUT2D eigenvalue weighted by Crippen LogP contribution is 2.31. The Labute approximate surface area is 137 Å². The van der Waals surface area contributed by atoms with Gasteiger partial charge >= 0.3 is 6.36 Å². The molecule has 2 N–H and O–H groups in total. The lowest BCUT2D eigenvalue weighted by Gasteiger charge is -2.17. The van der Waals surface area contributed by atoms with Crippen LogP contribution in [0.3, 0.4) is 0 Å². The third-order valence-corrected chi connectivity index (χ3v) is 3.38. The molecule has 2 aromatic rings. The van der Waals surface area contributed by atoms with Crippen LogP contribution in [-0.2, 0) is 0 Å². The van der Waals surface area contributed by atoms with Crippen molar-refractivity contribution in [2.24, 2.45) is 5.73 Å². The lowest BCUT2D eigenvalue weighted by atomic mass is 9.96. The third kappa shape index (κ3) is 4.53. The van der Waals surface area contributed by atoms with Gasteiger partial charge in [0.05, 0.1) is 6.04 Å². The van der Waals surface area contributed by atoms with Crippen LogP contribution in [0.15, 0.2) is 42.5 Å². The topological polar surface area (TPSA) is 35.2 Å². The van der Waals surface area contributed by atoms with Crippen molar-refractivity contribution in [1.82, 2.24) is 0 Å². The summed E-state index contributed by atoms with van der Waals surface area (Å²) in [6, 6.07) is 10.4. The Bertz CT molecular complexity index is 609. The Kier molecular flexibility index (Phi) is 6.11. The molecule has 0 bridgehead atoms. The molecule has 0 aromatic heterocycles. The van der Waals surface area contributed by atoms with E-state index >= 15 is 0 Å². The van der Waals surface area contributed by atoms with Crippen molar-refractivity contribution in [2.75, 3.05) is 0 Å². The molecule has 0 saturated carbocycles. The van der Waals surface area contributed by atoms with Crippen molar-refractivity contribution in [2.45, 2.75) is 19.3 Å². The summed E-state index contributed by atoms with van der Waals surface area (Å²) in [4.78, 5) is 0. The van der Waals surface area contributed by atoms with E-state index in [0.29, 0.717) is 10.6 Å². The second kappa shape index (κ2) is 7.22. The fraction of sp³-hybridized carbons (Fsp3) is 0.200. The summed E-state index contributed by atoms with van der Waals surface area (Å²) in [7, 11) is 0. The van der Waals surface area contributed by atoms with Gasteiger partial charge in [-0.1, -0.05) is 35.9 Å². The first kappa shape index (κ1) is 18.6. The molecule has 2 aromatic carbocycles. The minimum absolute atomic E-state index is 0. The van der Waals surface area contributed by atoms with E-state index in [0.717, 1.165) is 11.1 Å². The summed E-state index contributed by atoms with van der Waals surface area (Å²) >= 11 is 6.14. The van der Waals surface area contributed by atoms with Gasteiger partial charge in [0.15, 0.2) is 0 Å². The Morgan fingerprint density at radius 1 is 1.09 bits per heavy atom. The van der Waals surface area contributed by atoms with Crippen molar-refractivity contribution in [1.29, 1.82) is 0 Å². The van der Waals surface area contributed by atoms with Crippen LogP contribution in [0.4, 0.5) is 13.2 Å². The number of nitrogens with two attached hydrogens (primary N) is 1. The van der Waals surface area contributed by atoms with Gasteiger partial charge in [-0.25, -0.2) is 0 Å². The highest BCUT2D eigenvalue weighted by molar-refractivity contribution is 6.31. The number of benzene rings is 2. The van der Waals surface area contributed by atoms with E-state index < -0.39 is 12.4 Å². The molecule has 7 heteroatoms. The Morgan fingerprint density at radius 3 is 2.18 bits per heavy atom. The molecule has 0 aliphatic heterocycles. The van der Waals surface area contributed by atoms with E-state index in [1.807, 2.05) is 19.1 Å². The van der Waals surface area contributed by atoms with Crippen molar-refractivity contribution in [3.05, 3.63) is 64.2 Å². The van der Waals surface area contributed by atoms with Gasteiger partial charge in [0, 0.05) is 5.02 Å². The zero-order valence-electron chi connectivity index (χ0n) is 11.5. The molecule has 0 fully saturated rings. The molecule has 22 heavy (non-hydrogen) atoms. The van der Waals surface area contributed by atoms with Crippen LogP contribution < -0.4 is 10.5 Å².